The van der Waals surface area contributed by atoms with Gasteiger partial charge in [-0.3, -0.25) is 9.10 Å². The largest absolute Gasteiger partial charge is 0.454 e. The molecule has 6 nitrogen and oxygen atoms in total. The van der Waals surface area contributed by atoms with Gasteiger partial charge in [-0.1, -0.05) is 52.3 Å². The van der Waals surface area contributed by atoms with Gasteiger partial charge < -0.3 is 4.74 Å². The molecule has 0 saturated carbocycles. The van der Waals surface area contributed by atoms with E-state index in [0.29, 0.717) is 17.8 Å². The van der Waals surface area contributed by atoms with Crippen LogP contribution in [0.25, 0.3) is 0 Å². The predicted octanol–water partition coefficient (Wildman–Crippen LogP) is 4.63. The van der Waals surface area contributed by atoms with Gasteiger partial charge >= 0.3 is 5.97 Å². The summed E-state index contributed by atoms with van der Waals surface area (Å²) in [6.07, 6.45) is 1.54. The van der Waals surface area contributed by atoms with Crippen LogP contribution in [-0.2, 0) is 21.2 Å². The first-order valence-corrected chi connectivity index (χ1v) is 12.3. The summed E-state index contributed by atoms with van der Waals surface area (Å²) in [7, 11) is -3.86. The highest BCUT2D eigenvalue weighted by atomic mass is 79.9. The number of hydrogen-bond acceptors (Lipinski definition) is 5. The number of aryl methyl sites for hydroxylation is 1. The molecule has 0 atom stereocenters. The van der Waals surface area contributed by atoms with E-state index in [4.69, 9.17) is 4.74 Å². The van der Waals surface area contributed by atoms with Crippen molar-refractivity contribution in [2.75, 3.05) is 17.5 Å². The van der Waals surface area contributed by atoms with Crippen molar-refractivity contribution in [2.45, 2.75) is 17.7 Å². The van der Waals surface area contributed by atoms with Crippen LogP contribution in [0.4, 0.5) is 5.69 Å². The Morgan fingerprint density at radius 3 is 2.50 bits per heavy atom. The van der Waals surface area contributed by atoms with Crippen LogP contribution in [-0.4, -0.2) is 33.3 Å². The van der Waals surface area contributed by atoms with Crippen molar-refractivity contribution in [2.24, 2.45) is 0 Å². The Labute approximate surface area is 195 Å². The zero-order valence-corrected chi connectivity index (χ0v) is 19.4. The Hall–Kier alpha value is -2.97. The molecule has 164 valence electrons. The quantitative estimate of drug-likeness (QED) is 0.354. The van der Waals surface area contributed by atoms with E-state index in [1.54, 1.807) is 30.3 Å². The van der Waals surface area contributed by atoms with Gasteiger partial charge in [0, 0.05) is 16.6 Å². The number of nitrogens with zero attached hydrogens (tertiary/aromatic N) is 1. The van der Waals surface area contributed by atoms with Crippen molar-refractivity contribution < 1.29 is 22.7 Å². The summed E-state index contributed by atoms with van der Waals surface area (Å²) in [5.74, 6) is -1.11. The number of halogens is 1. The van der Waals surface area contributed by atoms with E-state index in [0.717, 1.165) is 22.9 Å². The lowest BCUT2D eigenvalue weighted by Gasteiger charge is -2.30. The van der Waals surface area contributed by atoms with Gasteiger partial charge in [0.25, 0.3) is 10.0 Å². The third-order valence-corrected chi connectivity index (χ3v) is 7.51. The van der Waals surface area contributed by atoms with Crippen molar-refractivity contribution in [1.82, 2.24) is 0 Å². The van der Waals surface area contributed by atoms with Crippen LogP contribution < -0.4 is 4.31 Å². The number of carbonyl (C=O) groups excluding carboxylic acids is 2. The van der Waals surface area contributed by atoms with E-state index in [1.807, 2.05) is 18.2 Å². The first-order chi connectivity index (χ1) is 15.4. The molecule has 4 rings (SSSR count). The zero-order valence-electron chi connectivity index (χ0n) is 17.0. The van der Waals surface area contributed by atoms with E-state index < -0.39 is 22.6 Å². The molecule has 3 aromatic rings. The molecule has 1 heterocycles. The maximum atomic E-state index is 13.3. The van der Waals surface area contributed by atoms with Gasteiger partial charge in [-0.2, -0.15) is 0 Å². The third-order valence-electron chi connectivity index (χ3n) is 5.21. The predicted molar refractivity (Wildman–Crippen MR) is 124 cm³/mol. The minimum Gasteiger partial charge on any atom is -0.454 e. The molecule has 0 radical (unpaired) electrons. The Morgan fingerprint density at radius 1 is 0.938 bits per heavy atom. The normalized spacial score (nSPS) is 13.3. The lowest BCUT2D eigenvalue weighted by atomic mass is 10.0. The Bertz CT molecular complexity index is 1290. The Kier molecular flexibility index (Phi) is 6.43. The summed E-state index contributed by atoms with van der Waals surface area (Å²) in [6, 6.07) is 19.9. The Morgan fingerprint density at radius 2 is 1.69 bits per heavy atom. The monoisotopic (exact) mass is 513 g/mol. The van der Waals surface area contributed by atoms with Gasteiger partial charge in [0.05, 0.1) is 16.1 Å². The average Bonchev–Trinajstić information content (AvgIpc) is 2.82. The van der Waals surface area contributed by atoms with E-state index in [9.17, 15) is 18.0 Å². The maximum Gasteiger partial charge on any atom is 0.338 e. The highest BCUT2D eigenvalue weighted by Crippen LogP contribution is 2.32. The first kappa shape index (κ1) is 22.2. The van der Waals surface area contributed by atoms with Crippen LogP contribution in [0, 0.1) is 0 Å². The van der Waals surface area contributed by atoms with Gasteiger partial charge in [0.2, 0.25) is 0 Å². The molecule has 3 aromatic carbocycles. The number of para-hydroxylation sites is 1. The standard InChI is InChI=1S/C24H20BrNO5S/c25-20-10-3-7-18(14-20)23(27)16-31-24(28)19-8-4-11-21(15-19)32(29,30)26-13-5-9-17-6-1-2-12-22(17)26/h1-4,6-8,10-12,14-15H,5,9,13,16H2. The van der Waals surface area contributed by atoms with E-state index in [1.165, 1.54) is 28.6 Å². The SMILES string of the molecule is O=C(COC(=O)c1cccc(S(=O)(=O)N2CCCc3ccccc32)c1)c1cccc(Br)c1. The topological polar surface area (TPSA) is 80.8 Å². The van der Waals surface area contributed by atoms with Gasteiger partial charge in [0.1, 0.15) is 0 Å². The third kappa shape index (κ3) is 4.61. The van der Waals surface area contributed by atoms with Crippen molar-refractivity contribution in [1.29, 1.82) is 0 Å². The molecule has 0 aromatic heterocycles. The summed E-state index contributed by atoms with van der Waals surface area (Å²) in [5, 5.41) is 0. The fourth-order valence-electron chi connectivity index (χ4n) is 3.62. The highest BCUT2D eigenvalue weighted by Gasteiger charge is 2.29. The minimum atomic E-state index is -3.86. The summed E-state index contributed by atoms with van der Waals surface area (Å²) in [4.78, 5) is 24.8. The van der Waals surface area contributed by atoms with E-state index in [2.05, 4.69) is 15.9 Å². The number of anilines is 1. The van der Waals surface area contributed by atoms with Crippen LogP contribution in [0.15, 0.2) is 82.2 Å². The fraction of sp³-hybridized carbons (Fsp3) is 0.167. The maximum absolute atomic E-state index is 13.3. The number of carbonyl (C=O) groups is 2. The van der Waals surface area contributed by atoms with Crippen LogP contribution >= 0.6 is 15.9 Å². The lowest BCUT2D eigenvalue weighted by molar-refractivity contribution is 0.0474. The number of benzene rings is 3. The Balaban J connectivity index is 1.52. The van der Waals surface area contributed by atoms with Crippen molar-refractivity contribution in [3.63, 3.8) is 0 Å². The van der Waals surface area contributed by atoms with E-state index >= 15 is 0 Å². The second kappa shape index (κ2) is 9.26. The molecule has 1 aliphatic rings. The molecule has 0 saturated heterocycles. The number of rotatable bonds is 6. The summed E-state index contributed by atoms with van der Waals surface area (Å²) >= 11 is 3.30. The molecule has 1 aliphatic heterocycles. The van der Waals surface area contributed by atoms with Gasteiger partial charge in [-0.15, -0.1) is 0 Å². The lowest BCUT2D eigenvalue weighted by Crippen LogP contribution is -2.35. The zero-order chi connectivity index (χ0) is 22.7. The van der Waals surface area contributed by atoms with Gasteiger partial charge in [-0.05, 0) is 54.8 Å². The van der Waals surface area contributed by atoms with Crippen molar-refractivity contribution >= 4 is 43.4 Å². The summed E-state index contributed by atoms with van der Waals surface area (Å²) in [6.45, 7) is -0.0685. The number of hydrogen-bond donors (Lipinski definition) is 0. The molecule has 32 heavy (non-hydrogen) atoms. The van der Waals surface area contributed by atoms with Crippen molar-refractivity contribution in [3.8, 4) is 0 Å². The molecule has 0 aliphatic carbocycles. The molecule has 0 fully saturated rings. The molecule has 8 heteroatoms. The second-order valence-corrected chi connectivity index (χ2v) is 10.1. The number of ether oxygens (including phenoxy) is 1. The van der Waals surface area contributed by atoms with Crippen molar-refractivity contribution in [3.05, 3.63) is 94.0 Å². The molecule has 0 bridgehead atoms. The average molecular weight is 514 g/mol. The highest BCUT2D eigenvalue weighted by molar-refractivity contribution is 9.10. The van der Waals surface area contributed by atoms with Crippen LogP contribution in [0.1, 0.15) is 32.7 Å². The molecular formula is C24H20BrNO5S. The second-order valence-electron chi connectivity index (χ2n) is 7.35. The van der Waals surface area contributed by atoms with Gasteiger partial charge in [-0.25, -0.2) is 13.2 Å². The first-order valence-electron chi connectivity index (χ1n) is 10.0. The smallest absolute Gasteiger partial charge is 0.338 e. The minimum absolute atomic E-state index is 0.00182. The summed E-state index contributed by atoms with van der Waals surface area (Å²) in [5.41, 5.74) is 2.11. The number of sulfonamides is 1. The summed E-state index contributed by atoms with van der Waals surface area (Å²) < 4.78 is 33.9. The van der Waals surface area contributed by atoms with Crippen LogP contribution in [0.5, 0.6) is 0 Å². The number of esters is 1. The van der Waals surface area contributed by atoms with E-state index in [-0.39, 0.29) is 16.2 Å². The van der Waals surface area contributed by atoms with Crippen LogP contribution in [0.3, 0.4) is 0 Å². The molecule has 0 amide bonds. The van der Waals surface area contributed by atoms with Gasteiger partial charge in [0.15, 0.2) is 12.4 Å². The molecular weight excluding hydrogens is 494 g/mol. The number of ketones is 1. The molecule has 0 unspecified atom stereocenters. The molecule has 0 N–H and O–H groups in total. The fourth-order valence-corrected chi connectivity index (χ4v) is 5.61. The number of fused-ring (bicyclic) bond motifs is 1. The number of Topliss-reactive ketones (excluding diaryl/α,β-unsaturated/α-hetero) is 1. The van der Waals surface area contributed by atoms with Crippen LogP contribution in [0.2, 0.25) is 0 Å². The molecule has 0 spiro atoms.